The molecule has 1 amide bonds. The second-order valence-electron chi connectivity index (χ2n) is 5.87. The van der Waals surface area contributed by atoms with Crippen molar-refractivity contribution in [2.24, 2.45) is 0 Å². The lowest BCUT2D eigenvalue weighted by molar-refractivity contribution is -0.117. The molecular weight excluding hydrogens is 320 g/mol. The van der Waals surface area contributed by atoms with E-state index >= 15 is 0 Å². The largest absolute Gasteiger partial charge is 0.369 e. The topological polar surface area (TPSA) is 59.4 Å². The number of aryl methyl sites for hydroxylation is 1. The molecular formula is C18H20N4OS. The molecule has 1 fully saturated rings. The summed E-state index contributed by atoms with van der Waals surface area (Å²) < 4.78 is 0. The van der Waals surface area contributed by atoms with E-state index in [9.17, 15) is 4.79 Å². The number of anilines is 2. The Morgan fingerprint density at radius 1 is 1.25 bits per heavy atom. The second-order valence-corrected chi connectivity index (χ2v) is 6.79. The number of amides is 1. The summed E-state index contributed by atoms with van der Waals surface area (Å²) in [7, 11) is 0. The zero-order chi connectivity index (χ0) is 16.9. The van der Waals surface area contributed by atoms with E-state index < -0.39 is 0 Å². The number of thiophene rings is 1. The summed E-state index contributed by atoms with van der Waals surface area (Å²) in [5, 5.41) is 14.3. The summed E-state index contributed by atoms with van der Waals surface area (Å²) in [5.74, 6) is -0.0571. The zero-order valence-corrected chi connectivity index (χ0v) is 14.5. The third-order valence-electron chi connectivity index (χ3n) is 4.23. The van der Waals surface area contributed by atoms with E-state index in [0.717, 1.165) is 26.2 Å². The Morgan fingerprint density at radius 3 is 2.71 bits per heavy atom. The van der Waals surface area contributed by atoms with Gasteiger partial charge < -0.3 is 10.2 Å². The van der Waals surface area contributed by atoms with Crippen molar-refractivity contribution in [1.82, 2.24) is 4.90 Å². The third kappa shape index (κ3) is 3.75. The van der Waals surface area contributed by atoms with Gasteiger partial charge in [0, 0.05) is 31.9 Å². The summed E-state index contributed by atoms with van der Waals surface area (Å²) >= 11 is 1.38. The van der Waals surface area contributed by atoms with Crippen LogP contribution in [0.3, 0.4) is 0 Å². The monoisotopic (exact) mass is 340 g/mol. The fourth-order valence-corrected chi connectivity index (χ4v) is 3.68. The highest BCUT2D eigenvalue weighted by atomic mass is 32.1. The molecule has 1 aliphatic rings. The number of hydrogen-bond donors (Lipinski definition) is 1. The quantitative estimate of drug-likeness (QED) is 0.930. The lowest BCUT2D eigenvalue weighted by Crippen LogP contribution is -2.48. The number of para-hydroxylation sites is 1. The van der Waals surface area contributed by atoms with Crippen LogP contribution in [0.5, 0.6) is 0 Å². The van der Waals surface area contributed by atoms with Crippen LogP contribution in [-0.4, -0.2) is 43.5 Å². The standard InChI is InChI=1S/C18H20N4OS/c1-14-4-2-3-5-16(14)22-9-7-21(8-10-22)13-17(23)20-18-15(12-19)6-11-24-18/h2-6,11H,7-10,13H2,1H3,(H,20,23). The maximum atomic E-state index is 12.2. The Balaban J connectivity index is 1.51. The minimum Gasteiger partial charge on any atom is -0.369 e. The normalized spacial score (nSPS) is 15.1. The van der Waals surface area contributed by atoms with E-state index in [1.807, 2.05) is 5.38 Å². The van der Waals surface area contributed by atoms with Crippen molar-refractivity contribution >= 4 is 27.9 Å². The van der Waals surface area contributed by atoms with Gasteiger partial charge >= 0.3 is 0 Å². The molecule has 0 saturated carbocycles. The molecule has 1 N–H and O–H groups in total. The van der Waals surface area contributed by atoms with E-state index in [-0.39, 0.29) is 5.91 Å². The number of hydrogen-bond acceptors (Lipinski definition) is 5. The fourth-order valence-electron chi connectivity index (χ4n) is 2.93. The molecule has 0 spiro atoms. The van der Waals surface area contributed by atoms with Gasteiger partial charge in [0.25, 0.3) is 0 Å². The molecule has 6 heteroatoms. The Kier molecular flexibility index (Phi) is 5.14. The number of nitrogens with zero attached hydrogens (tertiary/aromatic N) is 3. The van der Waals surface area contributed by atoms with Crippen LogP contribution in [0.4, 0.5) is 10.7 Å². The molecule has 0 bridgehead atoms. The molecule has 0 atom stereocenters. The predicted octanol–water partition coefficient (Wildman–Crippen LogP) is 2.69. The lowest BCUT2D eigenvalue weighted by atomic mass is 10.1. The van der Waals surface area contributed by atoms with Gasteiger partial charge in [0.2, 0.25) is 5.91 Å². The molecule has 5 nitrogen and oxygen atoms in total. The fraction of sp³-hybridized carbons (Fsp3) is 0.333. The SMILES string of the molecule is Cc1ccccc1N1CCN(CC(=O)Nc2sccc2C#N)CC1. The van der Waals surface area contributed by atoms with Crippen molar-refractivity contribution in [1.29, 1.82) is 5.26 Å². The second kappa shape index (κ2) is 7.47. The first-order valence-corrected chi connectivity index (χ1v) is 8.85. The van der Waals surface area contributed by atoms with Crippen LogP contribution in [0.1, 0.15) is 11.1 Å². The van der Waals surface area contributed by atoms with Crippen LogP contribution in [-0.2, 0) is 4.79 Å². The van der Waals surface area contributed by atoms with Crippen molar-refractivity contribution < 1.29 is 4.79 Å². The molecule has 2 aromatic rings. The van der Waals surface area contributed by atoms with Crippen molar-refractivity contribution in [3.8, 4) is 6.07 Å². The van der Waals surface area contributed by atoms with Gasteiger partial charge in [0.1, 0.15) is 11.1 Å². The summed E-state index contributed by atoms with van der Waals surface area (Å²) in [6, 6.07) is 12.2. The van der Waals surface area contributed by atoms with E-state index in [2.05, 4.69) is 52.4 Å². The minimum atomic E-state index is -0.0571. The van der Waals surface area contributed by atoms with Crippen molar-refractivity contribution in [3.63, 3.8) is 0 Å². The third-order valence-corrected chi connectivity index (χ3v) is 5.06. The summed E-state index contributed by atoms with van der Waals surface area (Å²) in [5.41, 5.74) is 3.09. The zero-order valence-electron chi connectivity index (χ0n) is 13.7. The van der Waals surface area contributed by atoms with Gasteiger partial charge in [-0.1, -0.05) is 18.2 Å². The van der Waals surface area contributed by atoms with Gasteiger partial charge in [-0.2, -0.15) is 5.26 Å². The molecule has 0 radical (unpaired) electrons. The highest BCUT2D eigenvalue weighted by Gasteiger charge is 2.20. The van der Waals surface area contributed by atoms with Gasteiger partial charge in [-0.3, -0.25) is 9.69 Å². The minimum absolute atomic E-state index is 0.0571. The smallest absolute Gasteiger partial charge is 0.239 e. The molecule has 1 aliphatic heterocycles. The van der Waals surface area contributed by atoms with Crippen LogP contribution in [0.15, 0.2) is 35.7 Å². The van der Waals surface area contributed by atoms with E-state index in [0.29, 0.717) is 17.1 Å². The summed E-state index contributed by atoms with van der Waals surface area (Å²) in [6.07, 6.45) is 0. The molecule has 124 valence electrons. The number of piperazine rings is 1. The molecule has 3 rings (SSSR count). The number of nitriles is 1. The van der Waals surface area contributed by atoms with Crippen LogP contribution >= 0.6 is 11.3 Å². The number of carbonyl (C=O) groups is 1. The van der Waals surface area contributed by atoms with Crippen LogP contribution in [0.2, 0.25) is 0 Å². The van der Waals surface area contributed by atoms with Gasteiger partial charge in [0.15, 0.2) is 0 Å². The molecule has 0 aliphatic carbocycles. The number of nitrogens with one attached hydrogen (secondary N) is 1. The average molecular weight is 340 g/mol. The molecule has 0 unspecified atom stereocenters. The molecule has 24 heavy (non-hydrogen) atoms. The maximum absolute atomic E-state index is 12.2. The lowest BCUT2D eigenvalue weighted by Gasteiger charge is -2.36. The van der Waals surface area contributed by atoms with Crippen LogP contribution in [0.25, 0.3) is 0 Å². The Bertz CT molecular complexity index is 756. The highest BCUT2D eigenvalue weighted by Crippen LogP contribution is 2.23. The van der Waals surface area contributed by atoms with Crippen molar-refractivity contribution in [2.45, 2.75) is 6.92 Å². The Labute approximate surface area is 146 Å². The number of benzene rings is 1. The molecule has 1 aromatic carbocycles. The highest BCUT2D eigenvalue weighted by molar-refractivity contribution is 7.14. The Hall–Kier alpha value is -2.36. The van der Waals surface area contributed by atoms with Crippen LogP contribution < -0.4 is 10.2 Å². The van der Waals surface area contributed by atoms with Gasteiger partial charge in [-0.05, 0) is 30.0 Å². The van der Waals surface area contributed by atoms with Crippen LogP contribution in [0, 0.1) is 18.3 Å². The molecule has 2 heterocycles. The van der Waals surface area contributed by atoms with Gasteiger partial charge in [-0.25, -0.2) is 0 Å². The van der Waals surface area contributed by atoms with E-state index in [1.54, 1.807) is 6.07 Å². The molecule has 1 saturated heterocycles. The first-order chi connectivity index (χ1) is 11.7. The van der Waals surface area contributed by atoms with E-state index in [4.69, 9.17) is 5.26 Å². The Morgan fingerprint density at radius 2 is 2.00 bits per heavy atom. The van der Waals surface area contributed by atoms with Gasteiger partial charge in [-0.15, -0.1) is 11.3 Å². The first kappa shape index (κ1) is 16.5. The van der Waals surface area contributed by atoms with Gasteiger partial charge in [0.05, 0.1) is 12.1 Å². The summed E-state index contributed by atoms with van der Waals surface area (Å²) in [4.78, 5) is 16.7. The molecule has 1 aromatic heterocycles. The van der Waals surface area contributed by atoms with E-state index in [1.165, 1.54) is 22.6 Å². The number of rotatable bonds is 4. The van der Waals surface area contributed by atoms with Crippen molar-refractivity contribution in [2.75, 3.05) is 42.9 Å². The summed E-state index contributed by atoms with van der Waals surface area (Å²) in [6.45, 7) is 6.04. The average Bonchev–Trinajstić information content (AvgIpc) is 3.03. The van der Waals surface area contributed by atoms with Crippen molar-refractivity contribution in [3.05, 3.63) is 46.8 Å². The first-order valence-electron chi connectivity index (χ1n) is 7.98. The maximum Gasteiger partial charge on any atom is 0.239 e. The number of carbonyl (C=O) groups excluding carboxylic acids is 1. The predicted molar refractivity (Wildman–Crippen MR) is 97.5 cm³/mol.